The Bertz CT molecular complexity index is 2920. The van der Waals surface area contributed by atoms with E-state index in [0.717, 1.165) is 12.1 Å². The molecule has 0 amide bonds. The van der Waals surface area contributed by atoms with Crippen molar-refractivity contribution in [1.29, 1.82) is 0 Å². The Balaban J connectivity index is 0.00000331. The zero-order chi connectivity index (χ0) is 41.8. The van der Waals surface area contributed by atoms with Crippen LogP contribution in [0.2, 0.25) is 0 Å². The minimum absolute atomic E-state index is 0. The number of phenols is 2. The van der Waals surface area contributed by atoms with Gasteiger partial charge in [0.2, 0.25) is 0 Å². The summed E-state index contributed by atoms with van der Waals surface area (Å²) in [6, 6.07) is 18.7. The fourth-order valence-corrected chi connectivity index (χ4v) is 7.75. The van der Waals surface area contributed by atoms with Gasteiger partial charge in [-0.1, -0.05) is 24.3 Å². The van der Waals surface area contributed by atoms with Crippen LogP contribution in [0.4, 0.5) is 34.1 Å². The van der Waals surface area contributed by atoms with Gasteiger partial charge in [0.25, 0.3) is 0 Å². The predicted octanol–water partition coefficient (Wildman–Crippen LogP) is -6.14. The quantitative estimate of drug-likeness (QED) is 0.0115. The second-order valence-corrected chi connectivity index (χ2v) is 15.8. The van der Waals surface area contributed by atoms with Crippen molar-refractivity contribution in [1.82, 2.24) is 0 Å². The maximum absolute atomic E-state index is 12.4. The summed E-state index contributed by atoms with van der Waals surface area (Å²) in [4.78, 5) is -1.43. The van der Waals surface area contributed by atoms with E-state index in [2.05, 4.69) is 39.2 Å². The molecular weight excluding hydrogens is 937 g/mol. The molecule has 6 rings (SSSR count). The van der Waals surface area contributed by atoms with Crippen LogP contribution in [0.15, 0.2) is 125 Å². The molecule has 0 heterocycles. The van der Waals surface area contributed by atoms with Gasteiger partial charge in [-0.2, -0.15) is 18.9 Å². The maximum Gasteiger partial charge on any atom is 1.00 e. The first-order valence-corrected chi connectivity index (χ1v) is 20.0. The molecule has 0 radical (unpaired) electrons. The predicted molar refractivity (Wildman–Crippen MR) is 202 cm³/mol. The molecule has 28 heteroatoms. The summed E-state index contributed by atoms with van der Waals surface area (Å²) in [5.41, 5.74) is 11.3. The Morgan fingerprint density at radius 1 is 0.548 bits per heavy atom. The zero-order valence-electron chi connectivity index (χ0n) is 32.6. The molecule has 20 nitrogen and oxygen atoms in total. The smallest absolute Gasteiger partial charge is 0.744 e. The third-order valence-electron chi connectivity index (χ3n) is 7.96. The molecule has 0 saturated heterocycles. The number of nitrogens with two attached hydrogens (primary N) is 2. The van der Waals surface area contributed by atoms with E-state index < -0.39 is 41.5 Å². The van der Waals surface area contributed by atoms with Crippen molar-refractivity contribution in [2.45, 2.75) is 19.6 Å². The van der Waals surface area contributed by atoms with Gasteiger partial charge in [-0.15, -0.1) is 10.2 Å². The van der Waals surface area contributed by atoms with Crippen molar-refractivity contribution < 1.29 is 184 Å². The summed E-state index contributed by atoms with van der Waals surface area (Å²) in [5, 5.41) is 66.7. The van der Waals surface area contributed by atoms with Crippen molar-refractivity contribution in [3.63, 3.8) is 0 Å². The van der Waals surface area contributed by atoms with Crippen LogP contribution >= 0.6 is 24.1 Å². The van der Waals surface area contributed by atoms with Crippen LogP contribution < -0.4 is 140 Å². The number of fused-ring (bicyclic) bond motifs is 2. The van der Waals surface area contributed by atoms with Crippen LogP contribution in [0.1, 0.15) is 11.1 Å². The topological polar surface area (TPSA) is 339 Å². The second kappa shape index (κ2) is 24.7. The number of nitrogen functional groups attached to an aromatic ring is 2. The average Bonchev–Trinajstić information content (AvgIpc) is 3.17. The average molecular weight is 959 g/mol. The first-order chi connectivity index (χ1) is 27.6. The monoisotopic (exact) mass is 958 g/mol. The number of phenolic OH excluding ortho intramolecular Hbond substituents is 2. The molecular formula is C34H22N6Na4O14S4. The van der Waals surface area contributed by atoms with Crippen LogP contribution in [0.3, 0.4) is 0 Å². The molecule has 6 aromatic carbocycles. The van der Waals surface area contributed by atoms with Crippen molar-refractivity contribution in [3.8, 4) is 11.5 Å². The number of benzene rings is 6. The molecule has 0 spiro atoms. The standard InChI is InChI=1S/C34H26N6O14S4.4Na/c35-21-5-9-25-19(11-21)13-28(56-54-52-44)31(33(25)41)39-37-23-7-3-17(27(15-23)55-53-51-43)1-2-18-4-8-24(16-29(18)57(45,46)47)38-40-32-30(58(48,49)50)14-20-12-22(36)6-10-26(20)34(32)42;;;;/h1-16,41-44H,35-36H2,(H,45,46,47)(H,48,49,50);;;;/q;4*+1/p-4. The summed E-state index contributed by atoms with van der Waals surface area (Å²) < 4.78 is 82.2. The molecule has 0 saturated carbocycles. The molecule has 0 unspecified atom stereocenters. The van der Waals surface area contributed by atoms with Gasteiger partial charge in [0.15, 0.2) is 11.5 Å². The van der Waals surface area contributed by atoms with E-state index in [-0.39, 0.29) is 178 Å². The number of hydrogen-bond donors (Lipinski definition) is 4. The van der Waals surface area contributed by atoms with E-state index >= 15 is 0 Å². The molecule has 0 fully saturated rings. The Labute approximate surface area is 449 Å². The van der Waals surface area contributed by atoms with Crippen LogP contribution in [0.5, 0.6) is 11.5 Å². The van der Waals surface area contributed by atoms with E-state index in [4.69, 9.17) is 11.5 Å². The second-order valence-electron chi connectivity index (χ2n) is 11.6. The van der Waals surface area contributed by atoms with Crippen LogP contribution in [0.25, 0.3) is 33.7 Å². The van der Waals surface area contributed by atoms with E-state index in [0.29, 0.717) is 40.5 Å². The molecule has 0 aliphatic rings. The van der Waals surface area contributed by atoms with Crippen LogP contribution in [-0.2, 0) is 39.0 Å². The van der Waals surface area contributed by atoms with E-state index in [1.165, 1.54) is 66.7 Å². The Hall–Kier alpha value is -1.74. The molecule has 6 aromatic rings. The normalized spacial score (nSPS) is 11.7. The minimum atomic E-state index is -5.22. The Morgan fingerprint density at radius 3 is 1.56 bits per heavy atom. The third kappa shape index (κ3) is 13.9. The fourth-order valence-electron chi connectivity index (χ4n) is 5.42. The van der Waals surface area contributed by atoms with Gasteiger partial charge in [0, 0.05) is 27.0 Å². The van der Waals surface area contributed by atoms with Gasteiger partial charge < -0.3 is 41.3 Å². The van der Waals surface area contributed by atoms with Crippen molar-refractivity contribution in [2.24, 2.45) is 20.5 Å². The Kier molecular flexibility index (Phi) is 22.5. The number of rotatable bonds is 14. The van der Waals surface area contributed by atoms with E-state index in [1.54, 1.807) is 18.2 Å². The van der Waals surface area contributed by atoms with Gasteiger partial charge in [-0.05, 0) is 94.7 Å². The summed E-state index contributed by atoms with van der Waals surface area (Å²) in [6.45, 7) is 0. The number of anilines is 2. The number of nitrogens with zero attached hydrogens (tertiary/aromatic N) is 4. The van der Waals surface area contributed by atoms with Crippen molar-refractivity contribution in [3.05, 3.63) is 96.1 Å². The van der Waals surface area contributed by atoms with Crippen LogP contribution in [-0.4, -0.2) is 36.2 Å². The Morgan fingerprint density at radius 2 is 1.02 bits per heavy atom. The molecule has 6 N–H and O–H groups in total. The number of azo groups is 2. The molecule has 0 atom stereocenters. The molecule has 62 heavy (non-hydrogen) atoms. The minimum Gasteiger partial charge on any atom is -0.744 e. The molecule has 0 aliphatic heterocycles. The van der Waals surface area contributed by atoms with Gasteiger partial charge in [0.05, 0.1) is 50.1 Å². The first-order valence-electron chi connectivity index (χ1n) is 15.7. The molecule has 0 bridgehead atoms. The largest absolute Gasteiger partial charge is 1.00 e. The van der Waals surface area contributed by atoms with Gasteiger partial charge in [-0.25, -0.2) is 16.8 Å². The molecule has 0 aromatic heterocycles. The van der Waals surface area contributed by atoms with Crippen molar-refractivity contribution in [2.75, 3.05) is 11.5 Å². The summed E-state index contributed by atoms with van der Waals surface area (Å²) in [5.74, 6) is -1.05. The zero-order valence-corrected chi connectivity index (χ0v) is 43.9. The summed E-state index contributed by atoms with van der Waals surface area (Å²) in [7, 11) is -10.4. The van der Waals surface area contributed by atoms with Crippen LogP contribution in [0, 0.1) is 0 Å². The molecule has 300 valence electrons. The van der Waals surface area contributed by atoms with Gasteiger partial charge >= 0.3 is 118 Å². The van der Waals surface area contributed by atoms with Crippen molar-refractivity contribution >= 4 is 112 Å². The summed E-state index contributed by atoms with van der Waals surface area (Å²) >= 11 is 0.886. The first kappa shape index (κ1) is 56.4. The van der Waals surface area contributed by atoms with Gasteiger partial charge in [-0.3, -0.25) is 10.1 Å². The summed E-state index contributed by atoms with van der Waals surface area (Å²) in [6.07, 6.45) is 2.58. The molecule has 0 aliphatic carbocycles. The van der Waals surface area contributed by atoms with E-state index in [1.807, 2.05) is 0 Å². The van der Waals surface area contributed by atoms with E-state index in [9.17, 15) is 46.7 Å². The number of aromatic hydroxyl groups is 2. The maximum atomic E-state index is 12.4. The fraction of sp³-hybridized carbons (Fsp3) is 0. The SMILES string of the molecule is Nc1ccc2c(O)c(N=Nc3ccc(C=Cc4ccc(N=Nc5c(S(=O)(=O)[O-])cc6cc(N)ccc6c5O)cc4S(=O)(=O)[O-])c(SOO[O-])c3)c(SOO[O-])cc2c1.[Na+].[Na+].[Na+].[Na+]. The third-order valence-corrected chi connectivity index (χ3v) is 11.0. The van der Waals surface area contributed by atoms with Gasteiger partial charge in [0.1, 0.15) is 31.6 Å². The number of hydrogen-bond acceptors (Lipinski definition) is 22.